The first-order valence-corrected chi connectivity index (χ1v) is 18.0. The van der Waals surface area contributed by atoms with Crippen LogP contribution in [0.2, 0.25) is 0 Å². The van der Waals surface area contributed by atoms with E-state index < -0.39 is 122 Å². The minimum absolute atomic E-state index is 0.0203. The zero-order valence-corrected chi connectivity index (χ0v) is 31.1. The van der Waals surface area contributed by atoms with E-state index in [1.807, 2.05) is 0 Å². The lowest BCUT2D eigenvalue weighted by atomic mass is 10.1. The number of amides is 6. The number of hydrogen-bond acceptors (Lipinski definition) is 15. The summed E-state index contributed by atoms with van der Waals surface area (Å²) in [5.41, 5.74) is 22.0. The maximum atomic E-state index is 13.4. The van der Waals surface area contributed by atoms with Crippen molar-refractivity contribution in [2.45, 2.75) is 113 Å². The van der Waals surface area contributed by atoms with Gasteiger partial charge in [0.2, 0.25) is 35.4 Å². The number of hydrogen-bond donors (Lipinski definition) is 15. The lowest BCUT2D eigenvalue weighted by Gasteiger charge is -2.26. The zero-order chi connectivity index (χ0) is 42.8. The van der Waals surface area contributed by atoms with Gasteiger partial charge in [0, 0.05) is 0 Å². The SMILES string of the molecule is NCCCC[C@H](NC(=O)[C@H](CC(=O)O)NC(=O)[C@H](CCCCN)NC(=O)[C@H](CO)NC(=O)[C@H](CC(=O)O)NC(=O)[C@H](CCCCN)NC(=O)[C@@H](N)CO)C(=O)O. The van der Waals surface area contributed by atoms with Crippen molar-refractivity contribution in [3.63, 3.8) is 0 Å². The van der Waals surface area contributed by atoms with Crippen LogP contribution in [0.25, 0.3) is 0 Å². The summed E-state index contributed by atoms with van der Waals surface area (Å²) < 4.78 is 0. The lowest BCUT2D eigenvalue weighted by molar-refractivity contribution is -0.144. The second-order valence-corrected chi connectivity index (χ2v) is 12.7. The van der Waals surface area contributed by atoms with Crippen LogP contribution < -0.4 is 54.8 Å². The van der Waals surface area contributed by atoms with Gasteiger partial charge in [-0.05, 0) is 77.4 Å². The first kappa shape index (κ1) is 51.0. The van der Waals surface area contributed by atoms with Gasteiger partial charge in [0.25, 0.3) is 0 Å². The Morgan fingerprint density at radius 1 is 0.411 bits per heavy atom. The molecule has 0 saturated carbocycles. The molecule has 24 heteroatoms. The third-order valence-corrected chi connectivity index (χ3v) is 8.09. The average molecular weight is 807 g/mol. The van der Waals surface area contributed by atoms with Crippen molar-refractivity contribution in [3.8, 4) is 0 Å². The van der Waals surface area contributed by atoms with E-state index in [9.17, 15) is 68.7 Å². The fraction of sp³-hybridized carbons (Fsp3) is 0.719. The fourth-order valence-corrected chi connectivity index (χ4v) is 4.96. The number of unbranched alkanes of at least 4 members (excludes halogenated alkanes) is 3. The minimum atomic E-state index is -1.87. The van der Waals surface area contributed by atoms with E-state index in [2.05, 4.69) is 31.9 Å². The molecule has 0 bridgehead atoms. The van der Waals surface area contributed by atoms with Crippen molar-refractivity contribution in [1.82, 2.24) is 31.9 Å². The third-order valence-electron chi connectivity index (χ3n) is 8.09. The first-order chi connectivity index (χ1) is 26.4. The Morgan fingerprint density at radius 3 is 1.05 bits per heavy atom. The monoisotopic (exact) mass is 806 g/mol. The van der Waals surface area contributed by atoms with Gasteiger partial charge >= 0.3 is 17.9 Å². The van der Waals surface area contributed by atoms with Gasteiger partial charge in [0.15, 0.2) is 0 Å². The van der Waals surface area contributed by atoms with E-state index in [1.165, 1.54) is 0 Å². The van der Waals surface area contributed by atoms with Gasteiger partial charge in [-0.1, -0.05) is 0 Å². The number of aliphatic hydroxyl groups excluding tert-OH is 2. The maximum absolute atomic E-state index is 13.4. The Bertz CT molecular complexity index is 1320. The summed E-state index contributed by atoms with van der Waals surface area (Å²) in [5, 5.41) is 60.8. The molecule has 24 nitrogen and oxygen atoms in total. The first-order valence-electron chi connectivity index (χ1n) is 18.0. The highest BCUT2D eigenvalue weighted by Gasteiger charge is 2.34. The highest BCUT2D eigenvalue weighted by molar-refractivity contribution is 5.98. The van der Waals surface area contributed by atoms with Crippen LogP contribution in [-0.2, 0) is 43.2 Å². The van der Waals surface area contributed by atoms with E-state index in [1.54, 1.807) is 0 Å². The molecule has 0 rings (SSSR count). The Labute approximate surface area is 322 Å². The predicted molar refractivity (Wildman–Crippen MR) is 195 cm³/mol. The van der Waals surface area contributed by atoms with Crippen LogP contribution in [0.4, 0.5) is 0 Å². The number of nitrogens with two attached hydrogens (primary N) is 4. The molecule has 0 spiro atoms. The molecule has 0 aliphatic rings. The van der Waals surface area contributed by atoms with Crippen molar-refractivity contribution in [2.75, 3.05) is 32.8 Å². The number of aliphatic hydroxyl groups is 2. The molecular weight excluding hydrogens is 748 g/mol. The number of rotatable bonds is 31. The summed E-state index contributed by atoms with van der Waals surface area (Å²) >= 11 is 0. The molecule has 0 saturated heterocycles. The molecule has 0 heterocycles. The summed E-state index contributed by atoms with van der Waals surface area (Å²) in [6.45, 7) is -1.19. The Hall–Kier alpha value is -5.01. The molecule has 320 valence electrons. The number of carbonyl (C=O) groups excluding carboxylic acids is 6. The van der Waals surface area contributed by atoms with Crippen molar-refractivity contribution >= 4 is 53.4 Å². The second-order valence-electron chi connectivity index (χ2n) is 12.7. The van der Waals surface area contributed by atoms with Crippen molar-refractivity contribution in [1.29, 1.82) is 0 Å². The summed E-state index contributed by atoms with van der Waals surface area (Å²) in [7, 11) is 0. The Balaban J connectivity index is 6.14. The highest BCUT2D eigenvalue weighted by atomic mass is 16.4. The smallest absolute Gasteiger partial charge is 0.326 e. The maximum Gasteiger partial charge on any atom is 0.326 e. The van der Waals surface area contributed by atoms with Crippen LogP contribution in [-0.4, -0.2) is 154 Å². The molecule has 56 heavy (non-hydrogen) atoms. The van der Waals surface area contributed by atoms with Gasteiger partial charge in [-0.15, -0.1) is 0 Å². The fourth-order valence-electron chi connectivity index (χ4n) is 4.96. The molecular formula is C32H58N10O14. The molecule has 0 aromatic heterocycles. The molecule has 0 aromatic carbocycles. The van der Waals surface area contributed by atoms with Crippen LogP contribution in [0.1, 0.15) is 70.6 Å². The molecule has 7 atom stereocenters. The van der Waals surface area contributed by atoms with E-state index in [0.717, 1.165) is 0 Å². The molecule has 0 aliphatic carbocycles. The minimum Gasteiger partial charge on any atom is -0.481 e. The van der Waals surface area contributed by atoms with Gasteiger partial charge in [-0.3, -0.25) is 38.4 Å². The Morgan fingerprint density at radius 2 is 0.714 bits per heavy atom. The van der Waals surface area contributed by atoms with Crippen LogP contribution >= 0.6 is 0 Å². The topological polar surface area (TPSA) is 431 Å². The number of nitrogens with one attached hydrogen (secondary N) is 6. The molecule has 0 aliphatic heterocycles. The molecule has 0 fully saturated rings. The van der Waals surface area contributed by atoms with E-state index in [-0.39, 0.29) is 45.3 Å². The third kappa shape index (κ3) is 20.6. The van der Waals surface area contributed by atoms with E-state index in [4.69, 9.17) is 22.9 Å². The van der Waals surface area contributed by atoms with E-state index >= 15 is 0 Å². The van der Waals surface area contributed by atoms with Crippen LogP contribution in [0.15, 0.2) is 0 Å². The van der Waals surface area contributed by atoms with Crippen LogP contribution in [0, 0.1) is 0 Å². The van der Waals surface area contributed by atoms with Crippen molar-refractivity contribution < 1.29 is 68.7 Å². The van der Waals surface area contributed by atoms with Gasteiger partial charge < -0.3 is 80.4 Å². The number of carboxylic acids is 3. The van der Waals surface area contributed by atoms with Gasteiger partial charge in [0.05, 0.1) is 26.1 Å². The highest BCUT2D eigenvalue weighted by Crippen LogP contribution is 2.08. The molecule has 0 unspecified atom stereocenters. The predicted octanol–water partition coefficient (Wildman–Crippen LogP) is -6.37. The van der Waals surface area contributed by atoms with E-state index in [0.29, 0.717) is 32.1 Å². The van der Waals surface area contributed by atoms with Crippen molar-refractivity contribution in [2.24, 2.45) is 22.9 Å². The second kappa shape index (κ2) is 28.4. The number of carboxylic acid groups (broad SMARTS) is 3. The molecule has 0 aromatic rings. The molecule has 19 N–H and O–H groups in total. The molecule has 6 amide bonds. The summed E-state index contributed by atoms with van der Waals surface area (Å²) in [6, 6.07) is -11.2. The van der Waals surface area contributed by atoms with Gasteiger partial charge in [-0.2, -0.15) is 0 Å². The lowest BCUT2D eigenvalue weighted by Crippen LogP contribution is -2.60. The standard InChI is InChI=1S/C32H58N10O14/c33-10-4-1-7-18(37-26(49)17(36)15-43)27(50)41-22(14-25(47)48)30(53)42-23(16-44)31(54)38-19(8-2-5-11-34)28(51)40-21(13-24(45)46)29(52)39-20(32(55)56)9-3-6-12-35/h17-23,43-44H,1-16,33-36H2,(H,37,49)(H,38,54)(H,39,52)(H,40,51)(H,41,50)(H,42,53)(H,45,46)(H,47,48)(H,55,56)/t17-,18-,19-,20-,21-,22-,23-/m0/s1. The number of carbonyl (C=O) groups is 9. The number of aliphatic carboxylic acids is 3. The van der Waals surface area contributed by atoms with Crippen LogP contribution in [0.3, 0.4) is 0 Å². The summed E-state index contributed by atoms with van der Waals surface area (Å²) in [5.74, 6) is -11.1. The average Bonchev–Trinajstić information content (AvgIpc) is 3.14. The molecule has 0 radical (unpaired) electrons. The zero-order valence-electron chi connectivity index (χ0n) is 31.1. The summed E-state index contributed by atoms with van der Waals surface area (Å²) in [6.07, 6.45) is -0.150. The quantitative estimate of drug-likeness (QED) is 0.0290. The van der Waals surface area contributed by atoms with Crippen molar-refractivity contribution in [3.05, 3.63) is 0 Å². The van der Waals surface area contributed by atoms with Crippen LogP contribution in [0.5, 0.6) is 0 Å². The van der Waals surface area contributed by atoms with Gasteiger partial charge in [0.1, 0.15) is 42.3 Å². The normalized spacial score (nSPS) is 14.7. The Kier molecular flexibility index (Phi) is 25.9. The summed E-state index contributed by atoms with van der Waals surface area (Å²) in [4.78, 5) is 113. The largest absolute Gasteiger partial charge is 0.481 e. The van der Waals surface area contributed by atoms with Gasteiger partial charge in [-0.25, -0.2) is 4.79 Å².